The van der Waals surface area contributed by atoms with Crippen LogP contribution in [0.5, 0.6) is 0 Å². The van der Waals surface area contributed by atoms with Gasteiger partial charge in [-0.3, -0.25) is 0 Å². The van der Waals surface area contributed by atoms with E-state index in [1.165, 1.54) is 11.1 Å². The molecule has 0 spiro atoms. The van der Waals surface area contributed by atoms with Gasteiger partial charge in [0.15, 0.2) is 0 Å². The molecule has 4 heteroatoms. The Morgan fingerprint density at radius 1 is 1.00 bits per heavy atom. The van der Waals surface area contributed by atoms with Crippen LogP contribution in [0.15, 0.2) is 58.9 Å². The molecule has 3 aromatic rings. The van der Waals surface area contributed by atoms with Crippen molar-refractivity contribution in [2.24, 2.45) is 16.1 Å². The van der Waals surface area contributed by atoms with Crippen LogP contribution in [0, 0.1) is 12.8 Å². The molecule has 2 heterocycles. The molecule has 0 fully saturated rings. The van der Waals surface area contributed by atoms with Gasteiger partial charge in [-0.25, -0.2) is 4.98 Å². The Morgan fingerprint density at radius 2 is 1.75 bits per heavy atom. The number of aromatic amines is 1. The number of azo groups is 1. The van der Waals surface area contributed by atoms with E-state index in [9.17, 15) is 0 Å². The van der Waals surface area contributed by atoms with Crippen LogP contribution in [0.25, 0.3) is 22.6 Å². The molecular weight excluding hydrogens is 296 g/mol. The molecule has 4 nitrogen and oxygen atoms in total. The second-order valence-corrected chi connectivity index (χ2v) is 6.69. The minimum Gasteiger partial charge on any atom is -0.338 e. The van der Waals surface area contributed by atoms with Crippen LogP contribution in [-0.4, -0.2) is 9.97 Å². The van der Waals surface area contributed by atoms with Gasteiger partial charge >= 0.3 is 0 Å². The topological polar surface area (TPSA) is 53.4 Å². The molecule has 1 aliphatic heterocycles. The third kappa shape index (κ3) is 2.54. The summed E-state index contributed by atoms with van der Waals surface area (Å²) in [5.74, 6) is 1.31. The van der Waals surface area contributed by atoms with Crippen LogP contribution in [-0.2, 0) is 0 Å². The highest BCUT2D eigenvalue weighted by Crippen LogP contribution is 2.41. The van der Waals surface area contributed by atoms with Gasteiger partial charge in [0.25, 0.3) is 0 Å². The van der Waals surface area contributed by atoms with Crippen molar-refractivity contribution in [1.29, 1.82) is 0 Å². The molecule has 1 atom stereocenters. The lowest BCUT2D eigenvalue weighted by molar-refractivity contribution is 0.515. The quantitative estimate of drug-likeness (QED) is 0.647. The lowest BCUT2D eigenvalue weighted by Gasteiger charge is -2.11. The fraction of sp³-hybridized carbons (Fsp3) is 0.250. The second kappa shape index (κ2) is 5.71. The van der Waals surface area contributed by atoms with Gasteiger partial charge in [0.2, 0.25) is 0 Å². The molecule has 0 bridgehead atoms. The van der Waals surface area contributed by atoms with Crippen LogP contribution in [0.3, 0.4) is 0 Å². The average Bonchev–Trinajstić information content (AvgIpc) is 3.22. The Balaban J connectivity index is 1.66. The van der Waals surface area contributed by atoms with Crippen molar-refractivity contribution in [1.82, 2.24) is 9.97 Å². The molecule has 4 rings (SSSR count). The van der Waals surface area contributed by atoms with Crippen molar-refractivity contribution in [2.75, 3.05) is 0 Å². The molecule has 1 N–H and O–H groups in total. The lowest BCUT2D eigenvalue weighted by atomic mass is 9.95. The summed E-state index contributed by atoms with van der Waals surface area (Å²) in [5.41, 5.74) is 6.61. The molecule has 0 radical (unpaired) electrons. The zero-order valence-electron chi connectivity index (χ0n) is 14.1. The van der Waals surface area contributed by atoms with Crippen molar-refractivity contribution >= 4 is 5.69 Å². The molecule has 1 aromatic heterocycles. The van der Waals surface area contributed by atoms with Gasteiger partial charge in [0, 0.05) is 11.1 Å². The van der Waals surface area contributed by atoms with E-state index in [1.54, 1.807) is 0 Å². The maximum atomic E-state index is 4.54. The normalized spacial score (nSPS) is 15.9. The van der Waals surface area contributed by atoms with E-state index >= 15 is 0 Å². The Hall–Kier alpha value is -2.75. The van der Waals surface area contributed by atoms with Crippen molar-refractivity contribution < 1.29 is 0 Å². The number of hydrogen-bond acceptors (Lipinski definition) is 3. The molecule has 24 heavy (non-hydrogen) atoms. The van der Waals surface area contributed by atoms with Gasteiger partial charge in [-0.15, -0.1) is 0 Å². The fourth-order valence-electron chi connectivity index (χ4n) is 3.05. The van der Waals surface area contributed by atoms with Crippen LogP contribution < -0.4 is 0 Å². The van der Waals surface area contributed by atoms with Gasteiger partial charge < -0.3 is 4.98 Å². The van der Waals surface area contributed by atoms with Gasteiger partial charge in [-0.05, 0) is 24.5 Å². The summed E-state index contributed by atoms with van der Waals surface area (Å²) in [6.45, 7) is 6.44. The smallest absolute Gasteiger partial charge is 0.137 e. The van der Waals surface area contributed by atoms with E-state index in [1.807, 2.05) is 6.20 Å². The Labute approximate surface area is 141 Å². The maximum Gasteiger partial charge on any atom is 0.137 e. The van der Waals surface area contributed by atoms with E-state index in [0.29, 0.717) is 5.92 Å². The first-order chi connectivity index (χ1) is 11.6. The number of rotatable bonds is 3. The van der Waals surface area contributed by atoms with Gasteiger partial charge in [-0.1, -0.05) is 55.8 Å². The number of fused-ring (bicyclic) bond motifs is 1. The van der Waals surface area contributed by atoms with Crippen molar-refractivity contribution in [2.45, 2.75) is 26.8 Å². The van der Waals surface area contributed by atoms with Crippen LogP contribution >= 0.6 is 0 Å². The van der Waals surface area contributed by atoms with E-state index in [4.69, 9.17) is 0 Å². The zero-order valence-corrected chi connectivity index (χ0v) is 14.1. The molecule has 0 amide bonds. The van der Waals surface area contributed by atoms with E-state index < -0.39 is 0 Å². The molecule has 0 aliphatic carbocycles. The van der Waals surface area contributed by atoms with Crippen molar-refractivity contribution in [3.63, 3.8) is 0 Å². The zero-order chi connectivity index (χ0) is 16.7. The summed E-state index contributed by atoms with van der Waals surface area (Å²) in [7, 11) is 0. The molecule has 0 saturated carbocycles. The van der Waals surface area contributed by atoms with E-state index in [0.717, 1.165) is 28.3 Å². The molecule has 2 aromatic carbocycles. The van der Waals surface area contributed by atoms with Gasteiger partial charge in [0.05, 0.1) is 17.6 Å². The predicted molar refractivity (Wildman–Crippen MR) is 96.3 cm³/mol. The second-order valence-electron chi connectivity index (χ2n) is 6.69. The molecule has 1 aliphatic rings. The minimum atomic E-state index is 0.175. The summed E-state index contributed by atoms with van der Waals surface area (Å²) in [5, 5.41) is 8.74. The summed E-state index contributed by atoms with van der Waals surface area (Å²) in [4.78, 5) is 7.94. The standard InChI is InChI=1S/C20H20N4/c1-12(2)19-16-9-8-15(10-17(16)23-24-19)20-21-11-18(22-20)14-6-4-13(3)5-7-14/h4-12,19H,1-3H3,(H,21,22). The summed E-state index contributed by atoms with van der Waals surface area (Å²) in [6, 6.07) is 14.9. The third-order valence-corrected chi connectivity index (χ3v) is 4.48. The van der Waals surface area contributed by atoms with Crippen LogP contribution in [0.2, 0.25) is 0 Å². The number of nitrogens with zero attached hydrogens (tertiary/aromatic N) is 3. The predicted octanol–water partition coefficient (Wildman–Crippen LogP) is 5.85. The van der Waals surface area contributed by atoms with Crippen molar-refractivity contribution in [3.8, 4) is 22.6 Å². The highest BCUT2D eigenvalue weighted by Gasteiger charge is 2.24. The van der Waals surface area contributed by atoms with E-state index in [-0.39, 0.29) is 6.04 Å². The molecule has 1 unspecified atom stereocenters. The number of aromatic nitrogens is 2. The van der Waals surface area contributed by atoms with Crippen LogP contribution in [0.1, 0.15) is 31.0 Å². The number of H-pyrrole nitrogens is 1. The molecule has 120 valence electrons. The van der Waals surface area contributed by atoms with Crippen LogP contribution in [0.4, 0.5) is 5.69 Å². The number of benzene rings is 2. The van der Waals surface area contributed by atoms with E-state index in [2.05, 4.69) is 83.4 Å². The first-order valence-electron chi connectivity index (χ1n) is 8.29. The third-order valence-electron chi connectivity index (χ3n) is 4.48. The highest BCUT2D eigenvalue weighted by atomic mass is 15.2. The lowest BCUT2D eigenvalue weighted by Crippen LogP contribution is -2.00. The summed E-state index contributed by atoms with van der Waals surface area (Å²) in [6.07, 6.45) is 1.88. The Kier molecular flexibility index (Phi) is 3.53. The SMILES string of the molecule is Cc1ccc(-c2cnc(-c3ccc4c(c3)N=NC4C(C)C)[nH]2)cc1. The highest BCUT2D eigenvalue weighted by molar-refractivity contribution is 5.68. The average molecular weight is 316 g/mol. The Bertz CT molecular complexity index is 904. The largest absolute Gasteiger partial charge is 0.338 e. The summed E-state index contributed by atoms with van der Waals surface area (Å²) < 4.78 is 0. The van der Waals surface area contributed by atoms with Gasteiger partial charge in [0.1, 0.15) is 11.9 Å². The summed E-state index contributed by atoms with van der Waals surface area (Å²) >= 11 is 0. The number of nitrogens with one attached hydrogen (secondary N) is 1. The number of imidazole rings is 1. The Morgan fingerprint density at radius 3 is 2.50 bits per heavy atom. The molecular formula is C20H20N4. The van der Waals surface area contributed by atoms with Gasteiger partial charge in [-0.2, -0.15) is 10.2 Å². The monoisotopic (exact) mass is 316 g/mol. The maximum absolute atomic E-state index is 4.54. The number of aryl methyl sites for hydroxylation is 1. The number of hydrogen-bond donors (Lipinski definition) is 1. The minimum absolute atomic E-state index is 0.175. The fourth-order valence-corrected chi connectivity index (χ4v) is 3.05. The first-order valence-corrected chi connectivity index (χ1v) is 8.29. The molecule has 0 saturated heterocycles. The van der Waals surface area contributed by atoms with Crippen molar-refractivity contribution in [3.05, 3.63) is 59.8 Å². The first kappa shape index (κ1) is 14.8.